The van der Waals surface area contributed by atoms with Gasteiger partial charge in [0.25, 0.3) is 5.91 Å². The Balaban J connectivity index is 1.65. The van der Waals surface area contributed by atoms with E-state index in [1.165, 1.54) is 0 Å². The standard InChI is InChI=1S/C20H23N5O3/c26-15-23-6-8-25(9-7-23)20(27)17-14-18(24-10-12-28-13-11-24)22-19(21-17)16-4-2-1-3-5-16/h1-5,14-15H,6-13H2. The summed E-state index contributed by atoms with van der Waals surface area (Å²) in [4.78, 5) is 38.8. The average Bonchev–Trinajstić information content (AvgIpc) is 2.79. The molecule has 0 radical (unpaired) electrons. The molecule has 0 bridgehead atoms. The summed E-state index contributed by atoms with van der Waals surface area (Å²) in [5, 5.41) is 0. The number of rotatable bonds is 4. The molecule has 2 amide bonds. The second-order valence-corrected chi connectivity index (χ2v) is 6.83. The van der Waals surface area contributed by atoms with Gasteiger partial charge in [-0.2, -0.15) is 0 Å². The number of hydrogen-bond donors (Lipinski definition) is 0. The largest absolute Gasteiger partial charge is 0.378 e. The summed E-state index contributed by atoms with van der Waals surface area (Å²) < 4.78 is 5.44. The van der Waals surface area contributed by atoms with Gasteiger partial charge in [-0.15, -0.1) is 0 Å². The second-order valence-electron chi connectivity index (χ2n) is 6.83. The summed E-state index contributed by atoms with van der Waals surface area (Å²) in [7, 11) is 0. The summed E-state index contributed by atoms with van der Waals surface area (Å²) >= 11 is 0. The number of carbonyl (C=O) groups is 2. The first kappa shape index (κ1) is 18.4. The van der Waals surface area contributed by atoms with Crippen molar-refractivity contribution >= 4 is 18.1 Å². The number of amides is 2. The number of ether oxygens (including phenoxy) is 1. The fraction of sp³-hybridized carbons (Fsp3) is 0.400. The molecule has 3 heterocycles. The normalized spacial score (nSPS) is 17.5. The maximum Gasteiger partial charge on any atom is 0.272 e. The van der Waals surface area contributed by atoms with Crippen LogP contribution in [0, 0.1) is 0 Å². The Kier molecular flexibility index (Phi) is 5.48. The Morgan fingerprint density at radius 1 is 0.964 bits per heavy atom. The molecule has 1 aromatic carbocycles. The van der Waals surface area contributed by atoms with E-state index in [-0.39, 0.29) is 5.91 Å². The van der Waals surface area contributed by atoms with Crippen LogP contribution in [0.4, 0.5) is 5.82 Å². The molecule has 0 aliphatic carbocycles. The van der Waals surface area contributed by atoms with E-state index in [2.05, 4.69) is 9.88 Å². The van der Waals surface area contributed by atoms with Crippen molar-refractivity contribution in [1.29, 1.82) is 0 Å². The highest BCUT2D eigenvalue weighted by molar-refractivity contribution is 5.93. The van der Waals surface area contributed by atoms with Gasteiger partial charge in [0.1, 0.15) is 11.5 Å². The van der Waals surface area contributed by atoms with Crippen LogP contribution in [0.3, 0.4) is 0 Å². The predicted molar refractivity (Wildman–Crippen MR) is 104 cm³/mol. The van der Waals surface area contributed by atoms with Crippen molar-refractivity contribution in [2.45, 2.75) is 0 Å². The summed E-state index contributed by atoms with van der Waals surface area (Å²) in [5.41, 5.74) is 1.26. The van der Waals surface area contributed by atoms with E-state index >= 15 is 0 Å². The Bertz CT molecular complexity index is 831. The molecule has 8 nitrogen and oxygen atoms in total. The third kappa shape index (κ3) is 3.96. The van der Waals surface area contributed by atoms with Crippen LogP contribution in [0.2, 0.25) is 0 Å². The van der Waals surface area contributed by atoms with Gasteiger partial charge >= 0.3 is 0 Å². The molecule has 146 valence electrons. The lowest BCUT2D eigenvalue weighted by atomic mass is 10.2. The smallest absolute Gasteiger partial charge is 0.272 e. The van der Waals surface area contributed by atoms with Crippen molar-refractivity contribution < 1.29 is 14.3 Å². The highest BCUT2D eigenvalue weighted by Crippen LogP contribution is 2.22. The van der Waals surface area contributed by atoms with E-state index in [0.29, 0.717) is 50.9 Å². The lowest BCUT2D eigenvalue weighted by Crippen LogP contribution is -2.48. The quantitative estimate of drug-likeness (QED) is 0.732. The number of carbonyl (C=O) groups excluding carboxylic acids is 2. The van der Waals surface area contributed by atoms with Crippen molar-refractivity contribution in [1.82, 2.24) is 19.8 Å². The number of nitrogens with zero attached hydrogens (tertiary/aromatic N) is 5. The van der Waals surface area contributed by atoms with Crippen LogP contribution in [0.1, 0.15) is 10.5 Å². The highest BCUT2D eigenvalue weighted by Gasteiger charge is 2.25. The third-order valence-electron chi connectivity index (χ3n) is 5.05. The summed E-state index contributed by atoms with van der Waals surface area (Å²) in [6.45, 7) is 4.85. The monoisotopic (exact) mass is 381 g/mol. The van der Waals surface area contributed by atoms with Gasteiger partial charge in [-0.3, -0.25) is 9.59 Å². The molecule has 2 saturated heterocycles. The number of benzene rings is 1. The molecule has 0 saturated carbocycles. The number of aromatic nitrogens is 2. The van der Waals surface area contributed by atoms with Gasteiger partial charge in [0.05, 0.1) is 13.2 Å². The zero-order chi connectivity index (χ0) is 19.3. The summed E-state index contributed by atoms with van der Waals surface area (Å²) in [6, 6.07) is 11.5. The maximum atomic E-state index is 13.1. The topological polar surface area (TPSA) is 78.9 Å². The van der Waals surface area contributed by atoms with Gasteiger partial charge in [0.2, 0.25) is 6.41 Å². The molecule has 2 aromatic rings. The predicted octanol–water partition coefficient (Wildman–Crippen LogP) is 0.894. The first-order valence-corrected chi connectivity index (χ1v) is 9.50. The summed E-state index contributed by atoms with van der Waals surface area (Å²) in [5.74, 6) is 1.16. The second kappa shape index (κ2) is 8.35. The van der Waals surface area contributed by atoms with Crippen LogP contribution in [0.25, 0.3) is 11.4 Å². The van der Waals surface area contributed by atoms with Gasteiger partial charge in [-0.25, -0.2) is 9.97 Å². The third-order valence-corrected chi connectivity index (χ3v) is 5.05. The molecular formula is C20H23N5O3. The lowest BCUT2D eigenvalue weighted by Gasteiger charge is -2.32. The Morgan fingerprint density at radius 3 is 2.36 bits per heavy atom. The molecular weight excluding hydrogens is 358 g/mol. The number of morpholine rings is 1. The molecule has 2 aliphatic rings. The minimum Gasteiger partial charge on any atom is -0.378 e. The summed E-state index contributed by atoms with van der Waals surface area (Å²) in [6.07, 6.45) is 0.830. The van der Waals surface area contributed by atoms with Crippen molar-refractivity contribution in [3.8, 4) is 11.4 Å². The first-order chi connectivity index (χ1) is 13.7. The van der Waals surface area contributed by atoms with Crippen LogP contribution >= 0.6 is 0 Å². The zero-order valence-electron chi connectivity index (χ0n) is 15.7. The van der Waals surface area contributed by atoms with Gasteiger partial charge in [-0.05, 0) is 0 Å². The fourth-order valence-corrected chi connectivity index (χ4v) is 3.41. The van der Waals surface area contributed by atoms with E-state index in [4.69, 9.17) is 9.72 Å². The van der Waals surface area contributed by atoms with Crippen LogP contribution in [-0.4, -0.2) is 84.6 Å². The van der Waals surface area contributed by atoms with E-state index < -0.39 is 0 Å². The van der Waals surface area contributed by atoms with Crippen LogP contribution in [0.15, 0.2) is 36.4 Å². The molecule has 4 rings (SSSR count). The van der Waals surface area contributed by atoms with E-state index in [1.807, 2.05) is 30.3 Å². The molecule has 28 heavy (non-hydrogen) atoms. The van der Waals surface area contributed by atoms with Crippen LogP contribution in [0.5, 0.6) is 0 Å². The average molecular weight is 381 g/mol. The Hall–Kier alpha value is -3.00. The van der Waals surface area contributed by atoms with Crippen LogP contribution in [-0.2, 0) is 9.53 Å². The number of hydrogen-bond acceptors (Lipinski definition) is 6. The molecule has 0 spiro atoms. The van der Waals surface area contributed by atoms with E-state index in [1.54, 1.807) is 15.9 Å². The van der Waals surface area contributed by atoms with Gasteiger partial charge in [0.15, 0.2) is 5.82 Å². The highest BCUT2D eigenvalue weighted by atomic mass is 16.5. The molecule has 1 aromatic heterocycles. The molecule has 2 fully saturated rings. The molecule has 0 unspecified atom stereocenters. The van der Waals surface area contributed by atoms with Crippen molar-refractivity contribution in [3.05, 3.63) is 42.1 Å². The van der Waals surface area contributed by atoms with Gasteiger partial charge in [-0.1, -0.05) is 30.3 Å². The molecule has 0 atom stereocenters. The van der Waals surface area contributed by atoms with Crippen molar-refractivity contribution in [3.63, 3.8) is 0 Å². The minimum absolute atomic E-state index is 0.125. The lowest BCUT2D eigenvalue weighted by molar-refractivity contribution is -0.119. The van der Waals surface area contributed by atoms with E-state index in [9.17, 15) is 9.59 Å². The maximum absolute atomic E-state index is 13.1. The number of anilines is 1. The fourth-order valence-electron chi connectivity index (χ4n) is 3.41. The minimum atomic E-state index is -0.125. The molecule has 8 heteroatoms. The molecule has 2 aliphatic heterocycles. The van der Waals surface area contributed by atoms with Crippen molar-refractivity contribution in [2.75, 3.05) is 57.4 Å². The molecule has 0 N–H and O–H groups in total. The van der Waals surface area contributed by atoms with Gasteiger partial charge < -0.3 is 19.4 Å². The SMILES string of the molecule is O=CN1CCN(C(=O)c2cc(N3CCOCC3)nc(-c3ccccc3)n2)CC1. The van der Waals surface area contributed by atoms with Gasteiger partial charge in [0, 0.05) is 50.9 Å². The zero-order valence-corrected chi connectivity index (χ0v) is 15.7. The van der Waals surface area contributed by atoms with Crippen LogP contribution < -0.4 is 4.90 Å². The Labute approximate surface area is 163 Å². The van der Waals surface area contributed by atoms with Crippen molar-refractivity contribution in [2.24, 2.45) is 0 Å². The number of piperazine rings is 1. The van der Waals surface area contributed by atoms with E-state index in [0.717, 1.165) is 30.9 Å². The first-order valence-electron chi connectivity index (χ1n) is 9.50. The Morgan fingerprint density at radius 2 is 1.68 bits per heavy atom.